The minimum Gasteiger partial charge on any atom is -0.393 e. The van der Waals surface area contributed by atoms with E-state index in [0.717, 1.165) is 29.4 Å². The summed E-state index contributed by atoms with van der Waals surface area (Å²) in [7, 11) is -3.44. The summed E-state index contributed by atoms with van der Waals surface area (Å²) < 4.78 is 26.8. The Hall–Kier alpha value is -3.43. The number of fused-ring (bicyclic) bond motifs is 1. The fraction of sp³-hybridized carbons (Fsp3) is 0.182. The lowest BCUT2D eigenvalue weighted by atomic mass is 10.1. The number of benzene rings is 2. The van der Waals surface area contributed by atoms with Crippen LogP contribution in [0.5, 0.6) is 0 Å². The summed E-state index contributed by atoms with van der Waals surface area (Å²) in [4.78, 5) is 12.0. The molecule has 0 atom stereocenters. The van der Waals surface area contributed by atoms with Crippen molar-refractivity contribution in [2.45, 2.75) is 17.7 Å². The summed E-state index contributed by atoms with van der Waals surface area (Å²) in [6, 6.07) is 14.1. The zero-order valence-electron chi connectivity index (χ0n) is 17.0. The zero-order chi connectivity index (χ0) is 22.0. The first-order chi connectivity index (χ1) is 14.9. The number of aromatic nitrogens is 2. The molecule has 0 aliphatic carbocycles. The summed E-state index contributed by atoms with van der Waals surface area (Å²) >= 11 is 0. The first-order valence-electron chi connectivity index (χ1n) is 9.90. The number of rotatable bonds is 6. The van der Waals surface area contributed by atoms with Crippen molar-refractivity contribution in [3.8, 4) is 0 Å². The van der Waals surface area contributed by atoms with Crippen LogP contribution in [0.3, 0.4) is 0 Å². The predicted octanol–water partition coefficient (Wildman–Crippen LogP) is 2.68. The minimum atomic E-state index is -3.44. The highest BCUT2D eigenvalue weighted by Crippen LogP contribution is 2.22. The van der Waals surface area contributed by atoms with Crippen LogP contribution in [0, 0.1) is 0 Å². The number of nitrogens with zero attached hydrogens (tertiary/aromatic N) is 3. The number of sulfonamides is 1. The smallest absolute Gasteiger partial charge is 0.243 e. The number of nitrogens with one attached hydrogen (secondary N) is 1. The summed E-state index contributed by atoms with van der Waals surface area (Å²) in [5.41, 5.74) is 15.3. The fourth-order valence-corrected chi connectivity index (χ4v) is 4.93. The van der Waals surface area contributed by atoms with E-state index in [9.17, 15) is 8.42 Å². The van der Waals surface area contributed by atoms with Gasteiger partial charge in [0.05, 0.1) is 15.9 Å². The molecule has 0 saturated carbocycles. The lowest BCUT2D eigenvalue weighted by Crippen LogP contribution is -2.27. The van der Waals surface area contributed by atoms with Crippen molar-refractivity contribution in [2.75, 3.05) is 13.1 Å². The molecule has 31 heavy (non-hydrogen) atoms. The van der Waals surface area contributed by atoms with Crippen molar-refractivity contribution in [3.05, 3.63) is 72.3 Å². The SMILES string of the molecule is C=C(/C=N\C(N)=C(/N)c1nc2ccccc2[nH]1)c1ccc(S(=O)(=O)N2CCCC2)cc1. The lowest BCUT2D eigenvalue weighted by molar-refractivity contribution is 0.477. The molecule has 1 aromatic heterocycles. The first kappa shape index (κ1) is 20.8. The van der Waals surface area contributed by atoms with Crippen LogP contribution in [0.1, 0.15) is 24.2 Å². The third-order valence-electron chi connectivity index (χ3n) is 5.21. The molecule has 1 aliphatic heterocycles. The Morgan fingerprint density at radius 3 is 2.45 bits per heavy atom. The molecule has 5 N–H and O–H groups in total. The number of hydrogen-bond donors (Lipinski definition) is 3. The molecule has 1 saturated heterocycles. The average Bonchev–Trinajstić information content (AvgIpc) is 3.47. The maximum Gasteiger partial charge on any atom is 0.243 e. The molecular formula is C22H24N6O2S. The van der Waals surface area contributed by atoms with E-state index in [-0.39, 0.29) is 16.4 Å². The van der Waals surface area contributed by atoms with Gasteiger partial charge in [0.15, 0.2) is 5.82 Å². The highest BCUT2D eigenvalue weighted by Gasteiger charge is 2.26. The van der Waals surface area contributed by atoms with E-state index in [0.29, 0.717) is 24.5 Å². The van der Waals surface area contributed by atoms with Gasteiger partial charge in [0.1, 0.15) is 11.5 Å². The maximum atomic E-state index is 12.6. The quantitative estimate of drug-likeness (QED) is 0.511. The molecule has 0 amide bonds. The van der Waals surface area contributed by atoms with E-state index in [1.165, 1.54) is 10.5 Å². The Bertz CT molecular complexity index is 1250. The van der Waals surface area contributed by atoms with Gasteiger partial charge in [0, 0.05) is 19.3 Å². The molecule has 2 heterocycles. The molecule has 2 aromatic carbocycles. The molecule has 8 nitrogen and oxygen atoms in total. The summed E-state index contributed by atoms with van der Waals surface area (Å²) in [6.45, 7) is 5.12. The monoisotopic (exact) mass is 436 g/mol. The van der Waals surface area contributed by atoms with E-state index in [1.807, 2.05) is 24.3 Å². The Kier molecular flexibility index (Phi) is 5.62. The highest BCUT2D eigenvalue weighted by molar-refractivity contribution is 7.89. The molecule has 0 unspecified atom stereocenters. The van der Waals surface area contributed by atoms with Gasteiger partial charge >= 0.3 is 0 Å². The van der Waals surface area contributed by atoms with Gasteiger partial charge in [-0.05, 0) is 48.2 Å². The molecule has 1 aliphatic rings. The van der Waals surface area contributed by atoms with Crippen molar-refractivity contribution >= 4 is 38.5 Å². The van der Waals surface area contributed by atoms with Crippen molar-refractivity contribution in [1.29, 1.82) is 0 Å². The van der Waals surface area contributed by atoms with E-state index in [4.69, 9.17) is 11.5 Å². The molecule has 0 radical (unpaired) electrons. The highest BCUT2D eigenvalue weighted by atomic mass is 32.2. The van der Waals surface area contributed by atoms with Gasteiger partial charge in [-0.3, -0.25) is 0 Å². The number of imidazole rings is 1. The van der Waals surface area contributed by atoms with Gasteiger partial charge in [-0.1, -0.05) is 30.8 Å². The van der Waals surface area contributed by atoms with Crippen molar-refractivity contribution in [3.63, 3.8) is 0 Å². The van der Waals surface area contributed by atoms with Crippen LogP contribution in [0.25, 0.3) is 22.3 Å². The van der Waals surface area contributed by atoms with Crippen LogP contribution in [0.4, 0.5) is 0 Å². The number of aromatic amines is 1. The van der Waals surface area contributed by atoms with Crippen molar-refractivity contribution in [1.82, 2.24) is 14.3 Å². The van der Waals surface area contributed by atoms with Crippen LogP contribution < -0.4 is 11.5 Å². The van der Waals surface area contributed by atoms with Crippen LogP contribution >= 0.6 is 0 Å². The molecule has 9 heteroatoms. The normalized spacial score (nSPS) is 16.1. The van der Waals surface area contributed by atoms with Crippen LogP contribution in [0.2, 0.25) is 0 Å². The number of hydrogen-bond acceptors (Lipinski definition) is 6. The van der Waals surface area contributed by atoms with E-state index in [1.54, 1.807) is 24.3 Å². The topological polar surface area (TPSA) is 130 Å². The Morgan fingerprint density at radius 2 is 1.77 bits per heavy atom. The van der Waals surface area contributed by atoms with Gasteiger partial charge in [-0.15, -0.1) is 0 Å². The van der Waals surface area contributed by atoms with Crippen LogP contribution in [-0.4, -0.2) is 42.0 Å². The molecule has 0 spiro atoms. The third-order valence-corrected chi connectivity index (χ3v) is 7.12. The van der Waals surface area contributed by atoms with E-state index < -0.39 is 10.0 Å². The minimum absolute atomic E-state index is 0.105. The second kappa shape index (κ2) is 8.37. The second-order valence-electron chi connectivity index (χ2n) is 7.32. The summed E-state index contributed by atoms with van der Waals surface area (Å²) in [5, 5.41) is 0. The summed E-state index contributed by atoms with van der Waals surface area (Å²) in [5.74, 6) is 0.548. The van der Waals surface area contributed by atoms with Crippen LogP contribution in [-0.2, 0) is 10.0 Å². The standard InChI is InChI=1S/C22H24N6O2S/c1-15(16-8-10-17(11-9-16)31(29,30)28-12-4-5-13-28)14-25-21(24)20(23)22-26-18-6-2-3-7-19(18)27-22/h2-3,6-11,14H,1,4-5,12-13,23-24H2,(H,26,27)/b21-20-,25-14-. The average molecular weight is 437 g/mol. The Labute approximate surface area is 181 Å². The molecule has 3 aromatic rings. The van der Waals surface area contributed by atoms with Gasteiger partial charge in [0.25, 0.3) is 0 Å². The number of allylic oxidation sites excluding steroid dienone is 1. The Morgan fingerprint density at radius 1 is 1.10 bits per heavy atom. The number of nitrogens with two attached hydrogens (primary N) is 2. The molecule has 4 rings (SSSR count). The van der Waals surface area contributed by atoms with Crippen LogP contribution in [0.15, 0.2) is 70.8 Å². The number of para-hydroxylation sites is 2. The van der Waals surface area contributed by atoms with Gasteiger partial charge in [-0.2, -0.15) is 4.31 Å². The van der Waals surface area contributed by atoms with E-state index in [2.05, 4.69) is 21.5 Å². The van der Waals surface area contributed by atoms with Gasteiger partial charge < -0.3 is 16.5 Å². The Balaban J connectivity index is 1.50. The number of H-pyrrole nitrogens is 1. The van der Waals surface area contributed by atoms with Gasteiger partial charge in [-0.25, -0.2) is 18.4 Å². The van der Waals surface area contributed by atoms with Crippen molar-refractivity contribution < 1.29 is 8.42 Å². The number of aliphatic imine (C=N–C) groups is 1. The molecule has 0 bridgehead atoms. The fourth-order valence-electron chi connectivity index (χ4n) is 3.41. The zero-order valence-corrected chi connectivity index (χ0v) is 17.8. The summed E-state index contributed by atoms with van der Waals surface area (Å²) in [6.07, 6.45) is 3.29. The second-order valence-corrected chi connectivity index (χ2v) is 9.26. The predicted molar refractivity (Wildman–Crippen MR) is 123 cm³/mol. The first-order valence-corrected chi connectivity index (χ1v) is 11.3. The van der Waals surface area contributed by atoms with E-state index >= 15 is 0 Å². The third kappa shape index (κ3) is 4.23. The van der Waals surface area contributed by atoms with Gasteiger partial charge in [0.2, 0.25) is 10.0 Å². The molecule has 1 fully saturated rings. The maximum absolute atomic E-state index is 12.6. The lowest BCUT2D eigenvalue weighted by Gasteiger charge is -2.15. The largest absolute Gasteiger partial charge is 0.393 e. The molecular weight excluding hydrogens is 412 g/mol. The van der Waals surface area contributed by atoms with Crippen molar-refractivity contribution in [2.24, 2.45) is 16.5 Å². The molecule has 160 valence electrons.